The van der Waals surface area contributed by atoms with Crippen molar-refractivity contribution in [1.29, 1.82) is 0 Å². The summed E-state index contributed by atoms with van der Waals surface area (Å²) in [6, 6.07) is 12.6. The van der Waals surface area contributed by atoms with E-state index < -0.39 is 0 Å². The molecule has 1 amide bonds. The quantitative estimate of drug-likeness (QED) is 0.447. The number of carbonyl (C=O) groups is 1. The van der Waals surface area contributed by atoms with E-state index in [0.717, 1.165) is 35.0 Å². The standard InChI is InChI=1S/C22H24FN3O2S2.ClH/c1-2-29-18-8-4-3-6-16(18)21(27)26(11-10-25-12-14-28-15-13-25)22-24-20-17(23)7-5-9-19(20)30-22;/h3-9H,2,10-15H2,1H3;1H. The number of anilines is 1. The molecule has 2 aromatic carbocycles. The fourth-order valence-corrected chi connectivity index (χ4v) is 5.24. The number of thiazole rings is 1. The highest BCUT2D eigenvalue weighted by Gasteiger charge is 2.25. The molecule has 0 N–H and O–H groups in total. The van der Waals surface area contributed by atoms with Gasteiger partial charge in [-0.3, -0.25) is 14.6 Å². The van der Waals surface area contributed by atoms with Crippen LogP contribution in [0.4, 0.5) is 9.52 Å². The number of amides is 1. The molecule has 9 heteroatoms. The van der Waals surface area contributed by atoms with Crippen molar-refractivity contribution in [2.75, 3.05) is 50.0 Å². The first-order valence-corrected chi connectivity index (χ1v) is 11.9. The van der Waals surface area contributed by atoms with Crippen LogP contribution in [-0.2, 0) is 4.74 Å². The molecule has 1 saturated heterocycles. The molecular weight excluding hydrogens is 457 g/mol. The SMILES string of the molecule is CCSc1ccccc1C(=O)N(CCN1CCOCC1)c1nc2c(F)cccc2s1.Cl. The molecule has 0 bridgehead atoms. The van der Waals surface area contributed by atoms with Crippen molar-refractivity contribution >= 4 is 56.8 Å². The number of hydrogen-bond acceptors (Lipinski definition) is 6. The second kappa shape index (κ2) is 11.2. The lowest BCUT2D eigenvalue weighted by atomic mass is 10.2. The molecule has 3 aromatic rings. The van der Waals surface area contributed by atoms with Crippen molar-refractivity contribution in [3.8, 4) is 0 Å². The minimum absolute atomic E-state index is 0. The van der Waals surface area contributed by atoms with E-state index in [1.54, 1.807) is 22.7 Å². The third-order valence-electron chi connectivity index (χ3n) is 5.00. The first kappa shape index (κ1) is 23.9. The zero-order chi connectivity index (χ0) is 20.9. The van der Waals surface area contributed by atoms with E-state index in [9.17, 15) is 9.18 Å². The van der Waals surface area contributed by atoms with Crippen LogP contribution in [0.15, 0.2) is 47.4 Å². The molecule has 1 aliphatic rings. The molecule has 1 aliphatic heterocycles. The first-order chi connectivity index (χ1) is 14.7. The van der Waals surface area contributed by atoms with Crippen LogP contribution in [0, 0.1) is 5.82 Å². The summed E-state index contributed by atoms with van der Waals surface area (Å²) in [6.07, 6.45) is 0. The van der Waals surface area contributed by atoms with E-state index in [0.29, 0.717) is 36.0 Å². The molecule has 0 saturated carbocycles. The zero-order valence-corrected chi connectivity index (χ0v) is 19.7. The van der Waals surface area contributed by atoms with Gasteiger partial charge in [-0.1, -0.05) is 36.5 Å². The molecule has 0 radical (unpaired) electrons. The molecule has 1 aromatic heterocycles. The highest BCUT2D eigenvalue weighted by atomic mass is 35.5. The topological polar surface area (TPSA) is 45.7 Å². The van der Waals surface area contributed by atoms with Crippen LogP contribution in [-0.4, -0.2) is 60.9 Å². The molecule has 0 aliphatic carbocycles. The second-order valence-corrected chi connectivity index (χ2v) is 9.24. The Labute approximate surface area is 196 Å². The molecule has 0 unspecified atom stereocenters. The van der Waals surface area contributed by atoms with E-state index in [1.807, 2.05) is 30.3 Å². The lowest BCUT2D eigenvalue weighted by molar-refractivity contribution is 0.0391. The molecule has 2 heterocycles. The third-order valence-corrected chi connectivity index (χ3v) is 6.99. The molecule has 0 spiro atoms. The van der Waals surface area contributed by atoms with Gasteiger partial charge in [0.05, 0.1) is 23.5 Å². The average Bonchev–Trinajstić information content (AvgIpc) is 3.20. The van der Waals surface area contributed by atoms with Crippen LogP contribution in [0.5, 0.6) is 0 Å². The van der Waals surface area contributed by atoms with Gasteiger partial charge in [0.1, 0.15) is 11.3 Å². The maximum Gasteiger partial charge on any atom is 0.261 e. The average molecular weight is 482 g/mol. The van der Waals surface area contributed by atoms with Gasteiger partial charge in [-0.15, -0.1) is 24.2 Å². The fourth-order valence-electron chi connectivity index (χ4n) is 3.44. The predicted octanol–water partition coefficient (Wildman–Crippen LogP) is 4.95. The van der Waals surface area contributed by atoms with Gasteiger partial charge in [0.2, 0.25) is 0 Å². The molecule has 1 fully saturated rings. The summed E-state index contributed by atoms with van der Waals surface area (Å²) in [6.45, 7) is 6.38. The Kier molecular flexibility index (Phi) is 8.68. The summed E-state index contributed by atoms with van der Waals surface area (Å²) in [5.74, 6) is 0.418. The Morgan fingerprint density at radius 2 is 2.00 bits per heavy atom. The number of nitrogens with zero attached hydrogens (tertiary/aromatic N) is 3. The van der Waals surface area contributed by atoms with Gasteiger partial charge >= 0.3 is 0 Å². The third kappa shape index (κ3) is 5.56. The van der Waals surface area contributed by atoms with Crippen molar-refractivity contribution in [2.45, 2.75) is 11.8 Å². The van der Waals surface area contributed by atoms with E-state index in [2.05, 4.69) is 16.8 Å². The van der Waals surface area contributed by atoms with Crippen molar-refractivity contribution in [3.63, 3.8) is 0 Å². The Bertz CT molecular complexity index is 1030. The van der Waals surface area contributed by atoms with Crippen LogP contribution in [0.3, 0.4) is 0 Å². The second-order valence-electron chi connectivity index (χ2n) is 6.92. The van der Waals surface area contributed by atoms with Gasteiger partial charge in [-0.25, -0.2) is 9.37 Å². The monoisotopic (exact) mass is 481 g/mol. The van der Waals surface area contributed by atoms with Gasteiger partial charge in [-0.2, -0.15) is 0 Å². The van der Waals surface area contributed by atoms with Crippen molar-refractivity contribution in [2.24, 2.45) is 0 Å². The number of fused-ring (bicyclic) bond motifs is 1. The molecule has 31 heavy (non-hydrogen) atoms. The maximum atomic E-state index is 14.2. The molecular formula is C22H25ClFN3O2S2. The van der Waals surface area contributed by atoms with Crippen molar-refractivity contribution in [3.05, 3.63) is 53.8 Å². The number of para-hydroxylation sites is 1. The minimum Gasteiger partial charge on any atom is -0.379 e. The number of hydrogen-bond donors (Lipinski definition) is 0. The number of rotatable bonds is 7. The first-order valence-electron chi connectivity index (χ1n) is 10.1. The summed E-state index contributed by atoms with van der Waals surface area (Å²) >= 11 is 3.00. The number of morpholine rings is 1. The molecule has 4 rings (SSSR count). The molecule has 0 atom stereocenters. The Hall–Kier alpha value is -1.71. The van der Waals surface area contributed by atoms with Crippen LogP contribution in [0.1, 0.15) is 17.3 Å². The maximum absolute atomic E-state index is 14.2. The van der Waals surface area contributed by atoms with E-state index >= 15 is 0 Å². The van der Waals surface area contributed by atoms with Crippen LogP contribution in [0.25, 0.3) is 10.2 Å². The van der Waals surface area contributed by atoms with Crippen molar-refractivity contribution < 1.29 is 13.9 Å². The summed E-state index contributed by atoms with van der Waals surface area (Å²) < 4.78 is 20.4. The Morgan fingerprint density at radius 1 is 1.23 bits per heavy atom. The number of carbonyl (C=O) groups excluding carboxylic acids is 1. The number of halogens is 2. The van der Waals surface area contributed by atoms with E-state index in [-0.39, 0.29) is 24.1 Å². The van der Waals surface area contributed by atoms with Crippen LogP contribution >= 0.6 is 35.5 Å². The van der Waals surface area contributed by atoms with Gasteiger partial charge in [0, 0.05) is 31.1 Å². The summed E-state index contributed by atoms with van der Waals surface area (Å²) in [4.78, 5) is 23.1. The normalized spacial score (nSPS) is 14.4. The van der Waals surface area contributed by atoms with Crippen molar-refractivity contribution in [1.82, 2.24) is 9.88 Å². The lowest BCUT2D eigenvalue weighted by Crippen LogP contribution is -2.43. The molecule has 166 valence electrons. The summed E-state index contributed by atoms with van der Waals surface area (Å²) in [7, 11) is 0. The van der Waals surface area contributed by atoms with Gasteiger partial charge in [-0.05, 0) is 30.0 Å². The van der Waals surface area contributed by atoms with Gasteiger partial charge < -0.3 is 4.74 Å². The minimum atomic E-state index is -0.363. The number of ether oxygens (including phenoxy) is 1. The summed E-state index contributed by atoms with van der Waals surface area (Å²) in [5.41, 5.74) is 0.976. The van der Waals surface area contributed by atoms with Gasteiger partial charge in [0.25, 0.3) is 5.91 Å². The fraction of sp³-hybridized carbons (Fsp3) is 0.364. The Morgan fingerprint density at radius 3 is 2.74 bits per heavy atom. The number of benzene rings is 2. The largest absolute Gasteiger partial charge is 0.379 e. The lowest BCUT2D eigenvalue weighted by Gasteiger charge is -2.29. The predicted molar refractivity (Wildman–Crippen MR) is 129 cm³/mol. The van der Waals surface area contributed by atoms with Crippen LogP contribution < -0.4 is 4.90 Å². The highest BCUT2D eigenvalue weighted by molar-refractivity contribution is 7.99. The van der Waals surface area contributed by atoms with E-state index in [4.69, 9.17) is 4.74 Å². The molecule has 5 nitrogen and oxygen atoms in total. The van der Waals surface area contributed by atoms with E-state index in [1.165, 1.54) is 17.4 Å². The zero-order valence-electron chi connectivity index (χ0n) is 17.3. The Balaban J connectivity index is 0.00000272. The summed E-state index contributed by atoms with van der Waals surface area (Å²) in [5, 5.41) is 0.532. The van der Waals surface area contributed by atoms with Gasteiger partial charge in [0.15, 0.2) is 5.13 Å². The highest BCUT2D eigenvalue weighted by Crippen LogP contribution is 2.32. The number of thioether (sulfide) groups is 1. The number of aromatic nitrogens is 1. The van der Waals surface area contributed by atoms with Crippen LogP contribution in [0.2, 0.25) is 0 Å². The smallest absolute Gasteiger partial charge is 0.261 e.